The van der Waals surface area contributed by atoms with E-state index in [4.69, 9.17) is 0 Å². The van der Waals surface area contributed by atoms with Crippen molar-refractivity contribution in [3.8, 4) is 0 Å². The molecular formula is C28H35N3O3. The zero-order chi connectivity index (χ0) is 24.2. The van der Waals surface area contributed by atoms with Crippen LogP contribution < -0.4 is 0 Å². The van der Waals surface area contributed by atoms with Crippen LogP contribution in [0.2, 0.25) is 0 Å². The predicted molar refractivity (Wildman–Crippen MR) is 133 cm³/mol. The van der Waals surface area contributed by atoms with Gasteiger partial charge in [-0.25, -0.2) is 0 Å². The van der Waals surface area contributed by atoms with Crippen molar-refractivity contribution >= 4 is 17.6 Å². The minimum Gasteiger partial charge on any atom is -0.340 e. The third-order valence-corrected chi connectivity index (χ3v) is 7.26. The van der Waals surface area contributed by atoms with E-state index < -0.39 is 0 Å². The van der Waals surface area contributed by atoms with Crippen molar-refractivity contribution in [3.05, 3.63) is 70.3 Å². The second-order valence-corrected chi connectivity index (χ2v) is 9.82. The molecule has 2 aliphatic heterocycles. The summed E-state index contributed by atoms with van der Waals surface area (Å²) in [4.78, 5) is 45.5. The number of piperidine rings is 1. The fourth-order valence-corrected chi connectivity index (χ4v) is 4.94. The average molecular weight is 462 g/mol. The summed E-state index contributed by atoms with van der Waals surface area (Å²) in [6, 6.07) is 13.0. The molecule has 2 heterocycles. The summed E-state index contributed by atoms with van der Waals surface area (Å²) in [5.41, 5.74) is 3.48. The molecule has 2 saturated heterocycles. The van der Waals surface area contributed by atoms with Crippen LogP contribution in [0.5, 0.6) is 0 Å². The molecule has 2 aromatic carbocycles. The van der Waals surface area contributed by atoms with E-state index in [1.807, 2.05) is 54.0 Å². The molecule has 2 fully saturated rings. The molecule has 0 radical (unpaired) electrons. The summed E-state index contributed by atoms with van der Waals surface area (Å²) in [7, 11) is 2.09. The molecule has 0 atom stereocenters. The second kappa shape index (κ2) is 10.5. The summed E-state index contributed by atoms with van der Waals surface area (Å²) in [6.07, 6.45) is 2.20. The normalized spacial score (nSPS) is 17.6. The Kier molecular flexibility index (Phi) is 7.47. The van der Waals surface area contributed by atoms with Crippen LogP contribution in [-0.4, -0.2) is 78.6 Å². The fourth-order valence-electron chi connectivity index (χ4n) is 4.94. The Bertz CT molecular complexity index is 1060. The highest BCUT2D eigenvalue weighted by Gasteiger charge is 2.29. The molecular weight excluding hydrogens is 426 g/mol. The summed E-state index contributed by atoms with van der Waals surface area (Å²) >= 11 is 0. The average Bonchev–Trinajstić information content (AvgIpc) is 2.85. The number of piperazine rings is 1. The monoisotopic (exact) mass is 461 g/mol. The van der Waals surface area contributed by atoms with Crippen molar-refractivity contribution in [2.75, 3.05) is 46.3 Å². The highest BCUT2D eigenvalue weighted by molar-refractivity contribution is 6.16. The maximum absolute atomic E-state index is 13.4. The second-order valence-electron chi connectivity index (χ2n) is 9.82. The van der Waals surface area contributed by atoms with Crippen LogP contribution in [-0.2, 0) is 4.79 Å². The summed E-state index contributed by atoms with van der Waals surface area (Å²) < 4.78 is 0. The smallest absolute Gasteiger partial charge is 0.254 e. The number of nitrogens with zero attached hydrogens (tertiary/aromatic N) is 3. The molecule has 2 amide bonds. The van der Waals surface area contributed by atoms with Crippen molar-refractivity contribution < 1.29 is 14.4 Å². The number of benzene rings is 2. The molecule has 2 aliphatic rings. The van der Waals surface area contributed by atoms with Crippen LogP contribution in [0.25, 0.3) is 0 Å². The predicted octanol–water partition coefficient (Wildman–Crippen LogP) is 3.55. The first-order valence-corrected chi connectivity index (χ1v) is 12.3. The lowest BCUT2D eigenvalue weighted by atomic mass is 9.91. The molecule has 0 saturated carbocycles. The minimum atomic E-state index is -0.113. The van der Waals surface area contributed by atoms with E-state index in [2.05, 4.69) is 11.9 Å². The Morgan fingerprint density at radius 2 is 1.44 bits per heavy atom. The molecule has 34 heavy (non-hydrogen) atoms. The molecule has 2 aromatic rings. The summed E-state index contributed by atoms with van der Waals surface area (Å²) in [6.45, 7) is 8.59. The summed E-state index contributed by atoms with van der Waals surface area (Å²) in [5.74, 6) is 0.335. The van der Waals surface area contributed by atoms with E-state index in [0.29, 0.717) is 42.1 Å². The van der Waals surface area contributed by atoms with Crippen LogP contribution in [0.4, 0.5) is 0 Å². The number of hydrogen-bond acceptors (Lipinski definition) is 4. The van der Waals surface area contributed by atoms with E-state index in [1.165, 1.54) is 0 Å². The Morgan fingerprint density at radius 1 is 0.794 bits per heavy atom. The fraction of sp³-hybridized carbons (Fsp3) is 0.464. The first kappa shape index (κ1) is 24.1. The van der Waals surface area contributed by atoms with Gasteiger partial charge in [0.25, 0.3) is 5.91 Å². The number of ketones is 1. The van der Waals surface area contributed by atoms with Crippen molar-refractivity contribution in [3.63, 3.8) is 0 Å². The number of likely N-dealkylation sites (tertiary alicyclic amines) is 1. The number of rotatable bonds is 5. The Hall–Kier alpha value is -2.99. The van der Waals surface area contributed by atoms with Gasteiger partial charge in [-0.3, -0.25) is 14.4 Å². The third-order valence-electron chi connectivity index (χ3n) is 7.26. The molecule has 0 bridgehead atoms. The first-order chi connectivity index (χ1) is 16.3. The van der Waals surface area contributed by atoms with Gasteiger partial charge in [0.2, 0.25) is 5.91 Å². The lowest BCUT2D eigenvalue weighted by Crippen LogP contribution is -2.48. The van der Waals surface area contributed by atoms with Gasteiger partial charge in [0.05, 0.1) is 5.56 Å². The standard InChI is InChI=1S/C28H35N3O3/c1-20-8-9-21(2)25(18-20)27(33)23-6-4-5-7-24(23)28(34)31-12-10-22(11-13-31)19-26(32)30-16-14-29(3)15-17-30/h4-9,18,22H,10-17,19H2,1-3H3. The number of amides is 2. The highest BCUT2D eigenvalue weighted by Crippen LogP contribution is 2.25. The lowest BCUT2D eigenvalue weighted by Gasteiger charge is -2.35. The molecule has 6 heteroatoms. The maximum atomic E-state index is 13.4. The van der Waals surface area contributed by atoms with Gasteiger partial charge in [-0.2, -0.15) is 0 Å². The number of hydrogen-bond donors (Lipinski definition) is 0. The van der Waals surface area contributed by atoms with Gasteiger partial charge >= 0.3 is 0 Å². The van der Waals surface area contributed by atoms with Gasteiger partial charge in [0.15, 0.2) is 5.78 Å². The van der Waals surface area contributed by atoms with Gasteiger partial charge in [-0.15, -0.1) is 0 Å². The number of carbonyl (C=O) groups is 3. The Morgan fingerprint density at radius 3 is 2.12 bits per heavy atom. The van der Waals surface area contributed by atoms with Crippen LogP contribution in [0.3, 0.4) is 0 Å². The zero-order valence-corrected chi connectivity index (χ0v) is 20.5. The van der Waals surface area contributed by atoms with Gasteiger partial charge < -0.3 is 14.7 Å². The topological polar surface area (TPSA) is 60.9 Å². The third kappa shape index (κ3) is 5.39. The van der Waals surface area contributed by atoms with Crippen LogP contribution in [0, 0.1) is 19.8 Å². The van der Waals surface area contributed by atoms with Crippen molar-refractivity contribution in [2.24, 2.45) is 5.92 Å². The van der Waals surface area contributed by atoms with E-state index in [1.54, 1.807) is 12.1 Å². The molecule has 180 valence electrons. The van der Waals surface area contributed by atoms with E-state index in [0.717, 1.165) is 50.1 Å². The molecule has 6 nitrogen and oxygen atoms in total. The van der Waals surface area contributed by atoms with Crippen molar-refractivity contribution in [1.29, 1.82) is 0 Å². The quantitative estimate of drug-likeness (QED) is 0.639. The lowest BCUT2D eigenvalue weighted by molar-refractivity contribution is -0.134. The Balaban J connectivity index is 1.40. The minimum absolute atomic E-state index is 0.0990. The molecule has 0 spiro atoms. The maximum Gasteiger partial charge on any atom is 0.254 e. The van der Waals surface area contributed by atoms with E-state index in [9.17, 15) is 14.4 Å². The largest absolute Gasteiger partial charge is 0.340 e. The van der Waals surface area contributed by atoms with Crippen molar-refractivity contribution in [1.82, 2.24) is 14.7 Å². The SMILES string of the molecule is Cc1ccc(C)c(C(=O)c2ccccc2C(=O)N2CCC(CC(=O)N3CCN(C)CC3)CC2)c1. The molecule has 4 rings (SSSR count). The van der Waals surface area contributed by atoms with Gasteiger partial charge in [-0.05, 0) is 57.4 Å². The van der Waals surface area contributed by atoms with Gasteiger partial charge in [-0.1, -0.05) is 35.9 Å². The highest BCUT2D eigenvalue weighted by atomic mass is 16.2. The van der Waals surface area contributed by atoms with E-state index >= 15 is 0 Å². The van der Waals surface area contributed by atoms with Crippen LogP contribution in [0.1, 0.15) is 56.7 Å². The summed E-state index contributed by atoms with van der Waals surface area (Å²) in [5, 5.41) is 0. The number of aryl methyl sites for hydroxylation is 2. The molecule has 0 aromatic heterocycles. The van der Waals surface area contributed by atoms with Gasteiger partial charge in [0, 0.05) is 56.8 Å². The van der Waals surface area contributed by atoms with Gasteiger partial charge in [0.1, 0.15) is 0 Å². The molecule has 0 unspecified atom stereocenters. The first-order valence-electron chi connectivity index (χ1n) is 12.3. The van der Waals surface area contributed by atoms with Crippen LogP contribution >= 0.6 is 0 Å². The van der Waals surface area contributed by atoms with E-state index in [-0.39, 0.29) is 17.6 Å². The Labute approximate surface area is 202 Å². The van der Waals surface area contributed by atoms with Crippen molar-refractivity contribution in [2.45, 2.75) is 33.1 Å². The number of likely N-dealkylation sites (N-methyl/N-ethyl adjacent to an activating group) is 1. The number of carbonyl (C=O) groups excluding carboxylic acids is 3. The zero-order valence-electron chi connectivity index (χ0n) is 20.5. The molecule has 0 aliphatic carbocycles. The molecule has 0 N–H and O–H groups in total. The van der Waals surface area contributed by atoms with Crippen LogP contribution in [0.15, 0.2) is 42.5 Å².